The Bertz CT molecular complexity index is 1250. The van der Waals surface area contributed by atoms with Crippen molar-refractivity contribution < 1.29 is 9.53 Å². The largest absolute Gasteiger partial charge is 0.494 e. The molecule has 0 radical (unpaired) electrons. The van der Waals surface area contributed by atoms with Crippen molar-refractivity contribution in [1.82, 2.24) is 14.8 Å². The van der Waals surface area contributed by atoms with Crippen LogP contribution in [0.2, 0.25) is 0 Å². The molecule has 4 aromatic rings. The minimum absolute atomic E-state index is 0.114. The third kappa shape index (κ3) is 6.64. The van der Waals surface area contributed by atoms with Crippen LogP contribution in [0.1, 0.15) is 23.9 Å². The van der Waals surface area contributed by atoms with Crippen LogP contribution in [0.5, 0.6) is 5.75 Å². The molecule has 1 amide bonds. The third-order valence-corrected chi connectivity index (χ3v) is 6.21. The maximum atomic E-state index is 12.6. The van der Waals surface area contributed by atoms with Gasteiger partial charge in [0.15, 0.2) is 11.0 Å². The van der Waals surface area contributed by atoms with E-state index in [0.717, 1.165) is 28.6 Å². The highest BCUT2D eigenvalue weighted by molar-refractivity contribution is 7.99. The molecule has 4 rings (SSSR count). The Morgan fingerprint density at radius 3 is 2.17 bits per heavy atom. The molecule has 0 aliphatic rings. The number of hydrogen-bond donors (Lipinski definition) is 2. The number of hydrogen-bond acceptors (Lipinski definition) is 6. The lowest BCUT2D eigenvalue weighted by molar-refractivity contribution is -0.113. The summed E-state index contributed by atoms with van der Waals surface area (Å²) in [5.41, 5.74) is 5.07. The zero-order valence-electron chi connectivity index (χ0n) is 20.1. The van der Waals surface area contributed by atoms with E-state index in [1.807, 2.05) is 60.0 Å². The first-order valence-electron chi connectivity index (χ1n) is 11.5. The van der Waals surface area contributed by atoms with Crippen LogP contribution in [-0.4, -0.2) is 33.0 Å². The van der Waals surface area contributed by atoms with Gasteiger partial charge in [-0.3, -0.25) is 9.36 Å². The Kier molecular flexibility index (Phi) is 8.05. The van der Waals surface area contributed by atoms with E-state index in [4.69, 9.17) is 4.74 Å². The Morgan fingerprint density at radius 2 is 1.51 bits per heavy atom. The zero-order chi connectivity index (χ0) is 24.6. The number of aryl methyl sites for hydroxylation is 2. The number of aromatic nitrogens is 3. The van der Waals surface area contributed by atoms with Crippen LogP contribution in [0.25, 0.3) is 5.69 Å². The van der Waals surface area contributed by atoms with Gasteiger partial charge in [-0.2, -0.15) is 0 Å². The monoisotopic (exact) mass is 487 g/mol. The first kappa shape index (κ1) is 24.3. The van der Waals surface area contributed by atoms with Crippen LogP contribution in [0.15, 0.2) is 78.0 Å². The lowest BCUT2D eigenvalue weighted by Crippen LogP contribution is -2.15. The zero-order valence-corrected chi connectivity index (χ0v) is 20.9. The molecule has 0 atom stereocenters. The second-order valence-corrected chi connectivity index (χ2v) is 9.03. The van der Waals surface area contributed by atoms with Crippen LogP contribution in [0, 0.1) is 13.8 Å². The van der Waals surface area contributed by atoms with Crippen molar-refractivity contribution in [2.24, 2.45) is 0 Å². The summed E-state index contributed by atoms with van der Waals surface area (Å²) in [5, 5.41) is 15.8. The summed E-state index contributed by atoms with van der Waals surface area (Å²) in [6.45, 7) is 7.16. The van der Waals surface area contributed by atoms with Gasteiger partial charge >= 0.3 is 0 Å². The summed E-state index contributed by atoms with van der Waals surface area (Å²) >= 11 is 1.35. The number of anilines is 2. The fourth-order valence-electron chi connectivity index (χ4n) is 3.44. The van der Waals surface area contributed by atoms with Crippen LogP contribution in [0.3, 0.4) is 0 Å². The van der Waals surface area contributed by atoms with Gasteiger partial charge in [0.25, 0.3) is 0 Å². The number of benzene rings is 3. The molecule has 0 spiro atoms. The average Bonchev–Trinajstić information content (AvgIpc) is 3.27. The van der Waals surface area contributed by atoms with Crippen molar-refractivity contribution in [3.05, 3.63) is 89.7 Å². The van der Waals surface area contributed by atoms with Crippen LogP contribution < -0.4 is 15.4 Å². The summed E-state index contributed by atoms with van der Waals surface area (Å²) < 4.78 is 7.44. The molecule has 0 saturated heterocycles. The first-order valence-corrected chi connectivity index (χ1v) is 12.5. The number of nitrogens with zero attached hydrogens (tertiary/aromatic N) is 3. The van der Waals surface area contributed by atoms with Gasteiger partial charge in [-0.1, -0.05) is 47.2 Å². The SMILES string of the molecule is CCOc1ccc(NC(=O)CSc2nnc(CNc3ccc(C)cc3)n2-c2ccc(C)cc2)cc1. The normalized spacial score (nSPS) is 10.7. The second-order valence-electron chi connectivity index (χ2n) is 8.08. The van der Waals surface area contributed by atoms with Gasteiger partial charge in [-0.05, 0) is 69.3 Å². The molecule has 0 aliphatic heterocycles. The minimum atomic E-state index is -0.114. The minimum Gasteiger partial charge on any atom is -0.494 e. The van der Waals surface area contributed by atoms with Crippen molar-refractivity contribution in [2.75, 3.05) is 23.0 Å². The molecule has 180 valence electrons. The number of rotatable bonds is 10. The fourth-order valence-corrected chi connectivity index (χ4v) is 4.21. The fraction of sp³-hybridized carbons (Fsp3) is 0.222. The number of amides is 1. The summed E-state index contributed by atoms with van der Waals surface area (Å²) in [7, 11) is 0. The molecule has 2 N–H and O–H groups in total. The second kappa shape index (κ2) is 11.6. The highest BCUT2D eigenvalue weighted by Crippen LogP contribution is 2.24. The summed E-state index contributed by atoms with van der Waals surface area (Å²) in [5.74, 6) is 1.64. The number of carbonyl (C=O) groups excluding carboxylic acids is 1. The quantitative estimate of drug-likeness (QED) is 0.282. The maximum absolute atomic E-state index is 12.6. The van der Waals surface area contributed by atoms with Gasteiger partial charge in [-0.15, -0.1) is 10.2 Å². The van der Waals surface area contributed by atoms with E-state index in [-0.39, 0.29) is 11.7 Å². The van der Waals surface area contributed by atoms with Crippen molar-refractivity contribution in [3.8, 4) is 11.4 Å². The van der Waals surface area contributed by atoms with E-state index in [1.54, 1.807) is 0 Å². The Hall–Kier alpha value is -3.78. The highest BCUT2D eigenvalue weighted by atomic mass is 32.2. The van der Waals surface area contributed by atoms with Crippen LogP contribution in [0.4, 0.5) is 11.4 Å². The highest BCUT2D eigenvalue weighted by Gasteiger charge is 2.16. The lowest BCUT2D eigenvalue weighted by atomic mass is 10.2. The smallest absolute Gasteiger partial charge is 0.234 e. The summed E-state index contributed by atoms with van der Waals surface area (Å²) in [6, 6.07) is 23.8. The Labute approximate surface area is 209 Å². The molecular formula is C27H29N5O2S. The van der Waals surface area contributed by atoms with Gasteiger partial charge in [0.2, 0.25) is 5.91 Å². The molecule has 0 saturated carbocycles. The average molecular weight is 488 g/mol. The van der Waals surface area contributed by atoms with Crippen molar-refractivity contribution in [3.63, 3.8) is 0 Å². The predicted octanol–water partition coefficient (Wildman–Crippen LogP) is 5.63. The van der Waals surface area contributed by atoms with Crippen molar-refractivity contribution >= 4 is 29.0 Å². The van der Waals surface area contributed by atoms with E-state index >= 15 is 0 Å². The van der Waals surface area contributed by atoms with E-state index < -0.39 is 0 Å². The predicted molar refractivity (Wildman–Crippen MR) is 142 cm³/mol. The number of nitrogens with one attached hydrogen (secondary N) is 2. The van der Waals surface area contributed by atoms with E-state index in [2.05, 4.69) is 58.9 Å². The molecule has 3 aromatic carbocycles. The van der Waals surface area contributed by atoms with Gasteiger partial charge in [0.1, 0.15) is 5.75 Å². The molecule has 1 heterocycles. The molecule has 0 bridgehead atoms. The van der Waals surface area contributed by atoms with Crippen LogP contribution in [-0.2, 0) is 11.3 Å². The first-order chi connectivity index (χ1) is 17.0. The number of carbonyl (C=O) groups is 1. The molecule has 1 aromatic heterocycles. The van der Waals surface area contributed by atoms with Gasteiger partial charge in [-0.25, -0.2) is 0 Å². The maximum Gasteiger partial charge on any atom is 0.234 e. The van der Waals surface area contributed by atoms with E-state index in [9.17, 15) is 4.79 Å². The molecule has 35 heavy (non-hydrogen) atoms. The molecule has 0 unspecified atom stereocenters. The lowest BCUT2D eigenvalue weighted by Gasteiger charge is -2.12. The van der Waals surface area contributed by atoms with E-state index in [1.165, 1.54) is 22.9 Å². The third-order valence-electron chi connectivity index (χ3n) is 5.28. The standard InChI is InChI=1S/C27H29N5O2S/c1-4-34-24-15-11-22(12-16-24)29-26(33)18-35-27-31-30-25(17-28-21-9-5-19(2)6-10-21)32(27)23-13-7-20(3)8-14-23/h5-16,28H,4,17-18H2,1-3H3,(H,29,33). The number of thioether (sulfide) groups is 1. The Morgan fingerprint density at radius 1 is 0.886 bits per heavy atom. The molecule has 0 aliphatic carbocycles. The topological polar surface area (TPSA) is 81.1 Å². The number of ether oxygens (including phenoxy) is 1. The van der Waals surface area contributed by atoms with Crippen molar-refractivity contribution in [2.45, 2.75) is 32.5 Å². The summed E-state index contributed by atoms with van der Waals surface area (Å²) in [4.78, 5) is 12.6. The van der Waals surface area contributed by atoms with E-state index in [0.29, 0.717) is 18.3 Å². The Balaban J connectivity index is 1.46. The van der Waals surface area contributed by atoms with Crippen molar-refractivity contribution in [1.29, 1.82) is 0 Å². The molecular weight excluding hydrogens is 458 g/mol. The van der Waals surface area contributed by atoms with Gasteiger partial charge < -0.3 is 15.4 Å². The van der Waals surface area contributed by atoms with Crippen LogP contribution >= 0.6 is 11.8 Å². The van der Waals surface area contributed by atoms with Gasteiger partial charge in [0.05, 0.1) is 18.9 Å². The molecule has 7 nitrogen and oxygen atoms in total. The van der Waals surface area contributed by atoms with Gasteiger partial charge in [0, 0.05) is 17.1 Å². The molecule has 0 fully saturated rings. The summed E-state index contributed by atoms with van der Waals surface area (Å²) in [6.07, 6.45) is 0. The molecule has 8 heteroatoms.